The number of benzene rings is 2. The van der Waals surface area contributed by atoms with Gasteiger partial charge in [-0.2, -0.15) is 0 Å². The van der Waals surface area contributed by atoms with E-state index in [9.17, 15) is 4.79 Å². The topological polar surface area (TPSA) is 57.2 Å². The van der Waals surface area contributed by atoms with Crippen LogP contribution < -0.4 is 18.9 Å². The highest BCUT2D eigenvalue weighted by molar-refractivity contribution is 5.81. The largest absolute Gasteiger partial charge is 0.493 e. The van der Waals surface area contributed by atoms with E-state index in [-0.39, 0.29) is 12.7 Å². The first-order valence-corrected chi connectivity index (χ1v) is 10.1. The van der Waals surface area contributed by atoms with Crippen molar-refractivity contribution in [1.29, 1.82) is 0 Å². The zero-order chi connectivity index (χ0) is 20.2. The van der Waals surface area contributed by atoms with Gasteiger partial charge in [0.15, 0.2) is 17.6 Å². The molecule has 1 saturated heterocycles. The Morgan fingerprint density at radius 3 is 2.90 bits per heavy atom. The van der Waals surface area contributed by atoms with Crippen molar-refractivity contribution in [1.82, 2.24) is 4.90 Å². The number of carbonyl (C=O) groups excluding carboxylic acids is 1. The molecule has 0 aromatic heterocycles. The fourth-order valence-electron chi connectivity index (χ4n) is 3.79. The highest BCUT2D eigenvalue weighted by atomic mass is 16.7. The molecule has 2 atom stereocenters. The van der Waals surface area contributed by atoms with E-state index in [1.165, 1.54) is 0 Å². The maximum absolute atomic E-state index is 12.9. The second-order valence-corrected chi connectivity index (χ2v) is 7.64. The van der Waals surface area contributed by atoms with E-state index in [0.717, 1.165) is 30.7 Å². The Balaban J connectivity index is 1.31. The zero-order valence-corrected chi connectivity index (χ0v) is 16.9. The lowest BCUT2D eigenvalue weighted by molar-refractivity contribution is -0.140. The van der Waals surface area contributed by atoms with Gasteiger partial charge in [0, 0.05) is 25.1 Å². The van der Waals surface area contributed by atoms with Crippen molar-refractivity contribution in [3.63, 3.8) is 0 Å². The first-order chi connectivity index (χ1) is 14.1. The SMILES string of the molecule is Cc1ccccc1OC[C@H]1CCCN(C(=O)[C@H](C)Oc2ccc3c(c2)OCO3)C1. The third-order valence-electron chi connectivity index (χ3n) is 5.40. The third-order valence-corrected chi connectivity index (χ3v) is 5.40. The molecule has 0 spiro atoms. The third kappa shape index (κ3) is 4.58. The van der Waals surface area contributed by atoms with Crippen LogP contribution in [0.3, 0.4) is 0 Å². The summed E-state index contributed by atoms with van der Waals surface area (Å²) in [5, 5.41) is 0. The second kappa shape index (κ2) is 8.64. The Bertz CT molecular complexity index is 868. The van der Waals surface area contributed by atoms with Crippen molar-refractivity contribution in [2.24, 2.45) is 5.92 Å². The Labute approximate surface area is 171 Å². The molecule has 2 aromatic carbocycles. The molecule has 2 aliphatic rings. The number of aryl methyl sites for hydroxylation is 1. The number of rotatable bonds is 6. The van der Waals surface area contributed by atoms with Gasteiger partial charge in [-0.3, -0.25) is 4.79 Å². The first kappa shape index (κ1) is 19.4. The molecular formula is C23H27NO5. The van der Waals surface area contributed by atoms with Crippen LogP contribution in [0.25, 0.3) is 0 Å². The number of carbonyl (C=O) groups is 1. The van der Waals surface area contributed by atoms with Crippen LogP contribution in [-0.2, 0) is 4.79 Å². The minimum absolute atomic E-state index is 0.00302. The quantitative estimate of drug-likeness (QED) is 0.742. The number of likely N-dealkylation sites (tertiary alicyclic amines) is 1. The summed E-state index contributed by atoms with van der Waals surface area (Å²) in [5.41, 5.74) is 1.13. The van der Waals surface area contributed by atoms with Gasteiger partial charge in [-0.05, 0) is 50.5 Å². The number of amides is 1. The van der Waals surface area contributed by atoms with Gasteiger partial charge in [-0.1, -0.05) is 18.2 Å². The molecule has 2 aliphatic heterocycles. The van der Waals surface area contributed by atoms with Crippen LogP contribution in [0.4, 0.5) is 0 Å². The van der Waals surface area contributed by atoms with Crippen molar-refractivity contribution in [3.8, 4) is 23.0 Å². The number of piperidine rings is 1. The van der Waals surface area contributed by atoms with Crippen LogP contribution in [0.1, 0.15) is 25.3 Å². The van der Waals surface area contributed by atoms with Crippen LogP contribution >= 0.6 is 0 Å². The van der Waals surface area contributed by atoms with E-state index >= 15 is 0 Å². The number of hydrogen-bond acceptors (Lipinski definition) is 5. The molecule has 2 aromatic rings. The average Bonchev–Trinajstić information content (AvgIpc) is 3.20. The van der Waals surface area contributed by atoms with E-state index in [4.69, 9.17) is 18.9 Å². The average molecular weight is 397 g/mol. The van der Waals surface area contributed by atoms with Crippen molar-refractivity contribution in [2.75, 3.05) is 26.5 Å². The maximum atomic E-state index is 12.9. The lowest BCUT2D eigenvalue weighted by atomic mass is 9.98. The Morgan fingerprint density at radius 2 is 2.03 bits per heavy atom. The highest BCUT2D eigenvalue weighted by Crippen LogP contribution is 2.35. The van der Waals surface area contributed by atoms with Gasteiger partial charge in [0.1, 0.15) is 11.5 Å². The van der Waals surface area contributed by atoms with Crippen LogP contribution in [0.5, 0.6) is 23.0 Å². The predicted octanol–water partition coefficient (Wildman–Crippen LogP) is 3.81. The van der Waals surface area contributed by atoms with E-state index in [1.54, 1.807) is 25.1 Å². The van der Waals surface area contributed by atoms with Crippen molar-refractivity contribution in [2.45, 2.75) is 32.8 Å². The molecule has 1 amide bonds. The molecule has 0 saturated carbocycles. The van der Waals surface area contributed by atoms with Gasteiger partial charge >= 0.3 is 0 Å². The molecule has 1 fully saturated rings. The molecule has 0 aliphatic carbocycles. The summed E-state index contributed by atoms with van der Waals surface area (Å²) in [5.74, 6) is 3.19. The molecule has 0 bridgehead atoms. The molecule has 29 heavy (non-hydrogen) atoms. The van der Waals surface area contributed by atoms with Crippen LogP contribution in [0.2, 0.25) is 0 Å². The highest BCUT2D eigenvalue weighted by Gasteiger charge is 2.28. The summed E-state index contributed by atoms with van der Waals surface area (Å²) in [7, 11) is 0. The van der Waals surface area contributed by atoms with Crippen LogP contribution in [-0.4, -0.2) is 43.4 Å². The van der Waals surface area contributed by atoms with Crippen molar-refractivity contribution < 1.29 is 23.7 Å². The first-order valence-electron chi connectivity index (χ1n) is 10.1. The van der Waals surface area contributed by atoms with Crippen molar-refractivity contribution in [3.05, 3.63) is 48.0 Å². The smallest absolute Gasteiger partial charge is 0.263 e. The van der Waals surface area contributed by atoms with Gasteiger partial charge in [0.2, 0.25) is 6.79 Å². The molecule has 6 heteroatoms. The van der Waals surface area contributed by atoms with Crippen molar-refractivity contribution >= 4 is 5.91 Å². The fourth-order valence-corrected chi connectivity index (χ4v) is 3.79. The fraction of sp³-hybridized carbons (Fsp3) is 0.435. The minimum Gasteiger partial charge on any atom is -0.493 e. The van der Waals surface area contributed by atoms with Gasteiger partial charge in [0.05, 0.1) is 6.61 Å². The van der Waals surface area contributed by atoms with Gasteiger partial charge in [-0.25, -0.2) is 0 Å². The summed E-state index contributed by atoms with van der Waals surface area (Å²) in [6, 6.07) is 13.4. The van der Waals surface area contributed by atoms with Crippen LogP contribution in [0, 0.1) is 12.8 Å². The standard InChI is InChI=1S/C23H27NO5/c1-16-6-3-4-8-20(16)26-14-18-7-5-11-24(13-18)23(25)17(2)29-19-9-10-21-22(12-19)28-15-27-21/h3-4,6,8-10,12,17-18H,5,7,11,13-15H2,1-2H3/t17-,18-/m0/s1. The normalized spacial score (nSPS) is 19.0. The number of ether oxygens (including phenoxy) is 4. The Kier molecular flexibility index (Phi) is 5.79. The molecule has 6 nitrogen and oxygen atoms in total. The monoisotopic (exact) mass is 397 g/mol. The number of fused-ring (bicyclic) bond motifs is 1. The lowest BCUT2D eigenvalue weighted by Crippen LogP contribution is -2.46. The summed E-state index contributed by atoms with van der Waals surface area (Å²) in [4.78, 5) is 14.8. The second-order valence-electron chi connectivity index (χ2n) is 7.64. The van der Waals surface area contributed by atoms with Gasteiger partial charge in [-0.15, -0.1) is 0 Å². The van der Waals surface area contributed by atoms with E-state index < -0.39 is 6.10 Å². The van der Waals surface area contributed by atoms with E-state index in [1.807, 2.05) is 36.1 Å². The van der Waals surface area contributed by atoms with Gasteiger partial charge in [0.25, 0.3) is 5.91 Å². The number of hydrogen-bond donors (Lipinski definition) is 0. The summed E-state index contributed by atoms with van der Waals surface area (Å²) >= 11 is 0. The maximum Gasteiger partial charge on any atom is 0.263 e. The predicted molar refractivity (Wildman–Crippen MR) is 109 cm³/mol. The molecule has 4 rings (SSSR count). The summed E-state index contributed by atoms with van der Waals surface area (Å²) in [6.45, 7) is 6.12. The molecule has 0 unspecified atom stereocenters. The van der Waals surface area contributed by atoms with E-state index in [0.29, 0.717) is 36.3 Å². The zero-order valence-electron chi connectivity index (χ0n) is 16.9. The summed E-state index contributed by atoms with van der Waals surface area (Å²) < 4.78 is 22.6. The van der Waals surface area contributed by atoms with Gasteiger partial charge < -0.3 is 23.8 Å². The Morgan fingerprint density at radius 1 is 1.21 bits per heavy atom. The molecule has 154 valence electrons. The molecule has 0 radical (unpaired) electrons. The van der Waals surface area contributed by atoms with Crippen LogP contribution in [0.15, 0.2) is 42.5 Å². The van der Waals surface area contributed by atoms with E-state index in [2.05, 4.69) is 0 Å². The minimum atomic E-state index is -0.564. The lowest BCUT2D eigenvalue weighted by Gasteiger charge is -2.34. The Hall–Kier alpha value is -2.89. The summed E-state index contributed by atoms with van der Waals surface area (Å²) in [6.07, 6.45) is 1.48. The number of nitrogens with zero attached hydrogens (tertiary/aromatic N) is 1. The molecular weight excluding hydrogens is 370 g/mol. The number of para-hydroxylation sites is 1. The molecule has 0 N–H and O–H groups in total. The molecule has 2 heterocycles.